The Balaban J connectivity index is 1.63. The molecule has 1 amide bonds. The van der Waals surface area contributed by atoms with Crippen molar-refractivity contribution < 1.29 is 14.3 Å². The van der Waals surface area contributed by atoms with Crippen molar-refractivity contribution in [1.82, 2.24) is 14.8 Å². The van der Waals surface area contributed by atoms with Crippen molar-refractivity contribution in [2.24, 2.45) is 5.92 Å². The molecule has 0 aliphatic heterocycles. The van der Waals surface area contributed by atoms with Gasteiger partial charge < -0.3 is 14.6 Å². The monoisotopic (exact) mass is 480 g/mol. The number of benzene rings is 2. The number of rotatable bonds is 12. The fraction of sp³-hybridized carbons (Fsp3) is 0.385. The topological polar surface area (TPSA) is 86.1 Å². The Hall–Kier alpha value is -3.13. The molecule has 1 heterocycles. The maximum Gasteiger partial charge on any atom is 0.224 e. The summed E-state index contributed by atoms with van der Waals surface area (Å²) in [6.07, 6.45) is 1.40. The van der Waals surface area contributed by atoms with Crippen LogP contribution < -0.4 is 10.1 Å². The van der Waals surface area contributed by atoms with Crippen molar-refractivity contribution >= 4 is 29.1 Å². The third-order valence-corrected chi connectivity index (χ3v) is 6.15. The molecular weight excluding hydrogens is 448 g/mol. The SMILES string of the molecule is CCC(=O)Nc1ccc(C(=O)CSc2nnc(COc3ccc(CC)cc3)n2CC(C)C)cc1. The number of nitrogens with one attached hydrogen (secondary N) is 1. The van der Waals surface area contributed by atoms with Gasteiger partial charge in [0, 0.05) is 24.2 Å². The largest absolute Gasteiger partial charge is 0.486 e. The van der Waals surface area contributed by atoms with Crippen LogP contribution in [0, 0.1) is 5.92 Å². The first-order valence-corrected chi connectivity index (χ1v) is 12.6. The molecule has 0 saturated carbocycles. The van der Waals surface area contributed by atoms with E-state index in [1.807, 2.05) is 16.7 Å². The molecule has 0 bridgehead atoms. The van der Waals surface area contributed by atoms with Crippen molar-refractivity contribution in [2.45, 2.75) is 58.8 Å². The van der Waals surface area contributed by atoms with Crippen LogP contribution in [0.5, 0.6) is 5.75 Å². The van der Waals surface area contributed by atoms with Gasteiger partial charge in [-0.25, -0.2) is 0 Å². The minimum atomic E-state index is -0.0584. The van der Waals surface area contributed by atoms with Crippen molar-refractivity contribution in [2.75, 3.05) is 11.1 Å². The highest BCUT2D eigenvalue weighted by atomic mass is 32.2. The summed E-state index contributed by atoms with van der Waals surface area (Å²) in [6, 6.07) is 15.0. The van der Waals surface area contributed by atoms with Gasteiger partial charge in [-0.15, -0.1) is 10.2 Å². The van der Waals surface area contributed by atoms with E-state index in [4.69, 9.17) is 4.74 Å². The molecular formula is C26H32N4O3S. The normalized spacial score (nSPS) is 11.0. The first kappa shape index (κ1) is 25.5. The Morgan fingerprint density at radius 1 is 1.03 bits per heavy atom. The highest BCUT2D eigenvalue weighted by molar-refractivity contribution is 7.99. The van der Waals surface area contributed by atoms with E-state index in [-0.39, 0.29) is 17.4 Å². The van der Waals surface area contributed by atoms with Gasteiger partial charge in [0.15, 0.2) is 16.8 Å². The zero-order valence-electron chi connectivity index (χ0n) is 20.2. The fourth-order valence-corrected chi connectivity index (χ4v) is 4.11. The van der Waals surface area contributed by atoms with Gasteiger partial charge in [-0.2, -0.15) is 0 Å². The number of amides is 1. The lowest BCUT2D eigenvalue weighted by Crippen LogP contribution is -2.13. The Labute approximate surface area is 205 Å². The fourth-order valence-electron chi connectivity index (χ4n) is 3.25. The van der Waals surface area contributed by atoms with Crippen LogP contribution in [0.15, 0.2) is 53.7 Å². The van der Waals surface area contributed by atoms with Crippen molar-refractivity contribution in [3.8, 4) is 5.75 Å². The van der Waals surface area contributed by atoms with E-state index in [0.29, 0.717) is 35.4 Å². The minimum Gasteiger partial charge on any atom is -0.486 e. The first-order chi connectivity index (χ1) is 16.4. The number of carbonyl (C=O) groups is 2. The molecule has 8 heteroatoms. The number of hydrogen-bond acceptors (Lipinski definition) is 6. The maximum atomic E-state index is 12.7. The van der Waals surface area contributed by atoms with Crippen LogP contribution in [0.3, 0.4) is 0 Å². The van der Waals surface area contributed by atoms with Crippen LogP contribution in [0.25, 0.3) is 0 Å². The van der Waals surface area contributed by atoms with Gasteiger partial charge in [-0.05, 0) is 54.3 Å². The predicted molar refractivity (Wildman–Crippen MR) is 135 cm³/mol. The number of anilines is 1. The summed E-state index contributed by atoms with van der Waals surface area (Å²) in [6.45, 7) is 9.23. The van der Waals surface area contributed by atoms with Crippen LogP contribution in [0.1, 0.15) is 55.9 Å². The minimum absolute atomic E-state index is 0.00808. The molecule has 1 N–H and O–H groups in total. The lowest BCUT2D eigenvalue weighted by atomic mass is 10.1. The number of carbonyl (C=O) groups excluding carboxylic acids is 2. The molecule has 0 aliphatic rings. The maximum absolute atomic E-state index is 12.7. The average Bonchev–Trinajstić information content (AvgIpc) is 3.22. The number of aryl methyl sites for hydroxylation is 1. The lowest BCUT2D eigenvalue weighted by Gasteiger charge is -2.13. The highest BCUT2D eigenvalue weighted by Crippen LogP contribution is 2.22. The second-order valence-electron chi connectivity index (χ2n) is 8.38. The molecule has 3 rings (SSSR count). The standard InChI is InChI=1S/C26H32N4O3S/c1-5-19-7-13-22(14-8-19)33-16-24-28-29-26(30(24)15-18(3)4)34-17-23(31)20-9-11-21(12-10-20)27-25(32)6-2/h7-14,18H,5-6,15-17H2,1-4H3,(H,27,32). The first-order valence-electron chi connectivity index (χ1n) is 11.6. The molecule has 0 fully saturated rings. The van der Waals surface area contributed by atoms with Gasteiger partial charge in [0.05, 0.1) is 5.75 Å². The van der Waals surface area contributed by atoms with Gasteiger partial charge in [-0.3, -0.25) is 9.59 Å². The predicted octanol–water partition coefficient (Wildman–Crippen LogP) is 5.40. The van der Waals surface area contributed by atoms with E-state index in [0.717, 1.165) is 24.5 Å². The molecule has 0 atom stereocenters. The van der Waals surface area contributed by atoms with Crippen molar-refractivity contribution in [1.29, 1.82) is 0 Å². The molecule has 34 heavy (non-hydrogen) atoms. The number of ether oxygens (including phenoxy) is 1. The Morgan fingerprint density at radius 3 is 2.35 bits per heavy atom. The molecule has 0 unspecified atom stereocenters. The molecule has 0 spiro atoms. The molecule has 0 aliphatic carbocycles. The van der Waals surface area contributed by atoms with Crippen molar-refractivity contribution in [3.63, 3.8) is 0 Å². The Bertz CT molecular complexity index is 1090. The molecule has 180 valence electrons. The van der Waals surface area contributed by atoms with Gasteiger partial charge in [0.25, 0.3) is 0 Å². The van der Waals surface area contributed by atoms with Gasteiger partial charge in [0.2, 0.25) is 5.91 Å². The molecule has 2 aromatic carbocycles. The summed E-state index contributed by atoms with van der Waals surface area (Å²) < 4.78 is 7.97. The molecule has 0 saturated heterocycles. The quantitative estimate of drug-likeness (QED) is 0.276. The van der Waals surface area contributed by atoms with E-state index in [1.54, 1.807) is 31.2 Å². The summed E-state index contributed by atoms with van der Waals surface area (Å²) in [4.78, 5) is 24.2. The summed E-state index contributed by atoms with van der Waals surface area (Å²) >= 11 is 1.37. The van der Waals surface area contributed by atoms with E-state index in [2.05, 4.69) is 48.4 Å². The summed E-state index contributed by atoms with van der Waals surface area (Å²) in [5.74, 6) is 2.09. The zero-order chi connectivity index (χ0) is 24.5. The van der Waals surface area contributed by atoms with Crippen LogP contribution in [-0.2, 0) is 24.4 Å². The molecule has 0 radical (unpaired) electrons. The number of hydrogen-bond donors (Lipinski definition) is 1. The smallest absolute Gasteiger partial charge is 0.224 e. The summed E-state index contributed by atoms with van der Waals surface area (Å²) in [5.41, 5.74) is 2.54. The van der Waals surface area contributed by atoms with Crippen molar-refractivity contribution in [3.05, 3.63) is 65.5 Å². The molecule has 1 aromatic heterocycles. The van der Waals surface area contributed by atoms with Crippen LogP contribution in [0.2, 0.25) is 0 Å². The lowest BCUT2D eigenvalue weighted by molar-refractivity contribution is -0.115. The molecule has 3 aromatic rings. The number of ketones is 1. The Kier molecular flexibility index (Phi) is 9.27. The zero-order valence-corrected chi connectivity index (χ0v) is 21.0. The number of nitrogens with zero attached hydrogens (tertiary/aromatic N) is 3. The molecule has 7 nitrogen and oxygen atoms in total. The highest BCUT2D eigenvalue weighted by Gasteiger charge is 2.17. The van der Waals surface area contributed by atoms with Crippen LogP contribution in [0.4, 0.5) is 5.69 Å². The van der Waals surface area contributed by atoms with Crippen LogP contribution in [-0.4, -0.2) is 32.2 Å². The van der Waals surface area contributed by atoms with Gasteiger partial charge >= 0.3 is 0 Å². The van der Waals surface area contributed by atoms with Gasteiger partial charge in [0.1, 0.15) is 12.4 Å². The van der Waals surface area contributed by atoms with E-state index in [1.165, 1.54) is 17.3 Å². The number of thioether (sulfide) groups is 1. The summed E-state index contributed by atoms with van der Waals surface area (Å²) in [5, 5.41) is 12.1. The second kappa shape index (κ2) is 12.4. The van der Waals surface area contributed by atoms with E-state index >= 15 is 0 Å². The second-order valence-corrected chi connectivity index (χ2v) is 9.32. The number of aromatic nitrogens is 3. The average molecular weight is 481 g/mol. The summed E-state index contributed by atoms with van der Waals surface area (Å²) in [7, 11) is 0. The third kappa shape index (κ3) is 7.18. The van der Waals surface area contributed by atoms with E-state index in [9.17, 15) is 9.59 Å². The van der Waals surface area contributed by atoms with E-state index < -0.39 is 0 Å². The van der Waals surface area contributed by atoms with Crippen LogP contribution >= 0.6 is 11.8 Å². The van der Waals surface area contributed by atoms with Gasteiger partial charge in [-0.1, -0.05) is 51.6 Å². The Morgan fingerprint density at radius 2 is 1.74 bits per heavy atom. The number of Topliss-reactive ketones (excluding diaryl/α,β-unsaturated/α-hetero) is 1. The third-order valence-electron chi connectivity index (χ3n) is 5.18.